The first-order valence-corrected chi connectivity index (χ1v) is 5.27. The standard InChI is InChI=1S/C9H9F3N2S/c1-15-9(13)14-4-5-2-6(10)8(12)7(11)3-5/h2-3H,4H2,1H3,(H2,13,14). The van der Waals surface area contributed by atoms with Crippen LogP contribution in [0.4, 0.5) is 13.2 Å². The summed E-state index contributed by atoms with van der Waals surface area (Å²) < 4.78 is 38.0. The van der Waals surface area contributed by atoms with E-state index < -0.39 is 17.5 Å². The first-order chi connectivity index (χ1) is 7.04. The third kappa shape index (κ3) is 3.16. The lowest BCUT2D eigenvalue weighted by Crippen LogP contribution is -2.18. The van der Waals surface area contributed by atoms with E-state index in [4.69, 9.17) is 5.41 Å². The number of nitrogens with one attached hydrogen (secondary N) is 2. The quantitative estimate of drug-likeness (QED) is 0.468. The van der Waals surface area contributed by atoms with Crippen LogP contribution in [0.3, 0.4) is 0 Å². The number of halogens is 3. The van der Waals surface area contributed by atoms with Gasteiger partial charge in [-0.15, -0.1) is 0 Å². The fourth-order valence-corrected chi connectivity index (χ4v) is 1.18. The number of hydrogen-bond acceptors (Lipinski definition) is 2. The van der Waals surface area contributed by atoms with Gasteiger partial charge in [-0.3, -0.25) is 5.41 Å². The third-order valence-electron chi connectivity index (χ3n) is 1.70. The van der Waals surface area contributed by atoms with Gasteiger partial charge < -0.3 is 5.32 Å². The zero-order chi connectivity index (χ0) is 11.4. The second-order valence-corrected chi connectivity index (χ2v) is 3.58. The predicted octanol–water partition coefficient (Wildman–Crippen LogP) is 2.49. The molecule has 1 aromatic carbocycles. The van der Waals surface area contributed by atoms with Gasteiger partial charge in [-0.2, -0.15) is 0 Å². The number of amidine groups is 1. The van der Waals surface area contributed by atoms with Crippen LogP contribution in [-0.4, -0.2) is 11.4 Å². The number of benzene rings is 1. The first-order valence-electron chi connectivity index (χ1n) is 4.04. The molecule has 2 nitrogen and oxygen atoms in total. The topological polar surface area (TPSA) is 35.9 Å². The van der Waals surface area contributed by atoms with Gasteiger partial charge >= 0.3 is 0 Å². The molecular weight excluding hydrogens is 225 g/mol. The predicted molar refractivity (Wildman–Crippen MR) is 54.4 cm³/mol. The molecule has 0 heterocycles. The van der Waals surface area contributed by atoms with Gasteiger partial charge in [0.1, 0.15) is 0 Å². The van der Waals surface area contributed by atoms with Crippen LogP contribution in [0.15, 0.2) is 12.1 Å². The van der Waals surface area contributed by atoms with Gasteiger partial charge in [-0.1, -0.05) is 11.8 Å². The summed E-state index contributed by atoms with van der Waals surface area (Å²) >= 11 is 1.17. The summed E-state index contributed by atoms with van der Waals surface area (Å²) in [6, 6.07) is 1.80. The molecule has 0 radical (unpaired) electrons. The zero-order valence-electron chi connectivity index (χ0n) is 7.90. The van der Waals surface area contributed by atoms with Crippen molar-refractivity contribution in [3.05, 3.63) is 35.1 Å². The second kappa shape index (κ2) is 5.06. The largest absolute Gasteiger partial charge is 0.361 e. The van der Waals surface area contributed by atoms with E-state index in [-0.39, 0.29) is 17.3 Å². The van der Waals surface area contributed by atoms with Gasteiger partial charge in [0.2, 0.25) is 0 Å². The average molecular weight is 234 g/mol. The van der Waals surface area contributed by atoms with Crippen LogP contribution in [0.25, 0.3) is 0 Å². The summed E-state index contributed by atoms with van der Waals surface area (Å²) in [6.45, 7) is 0.0911. The maximum absolute atomic E-state index is 12.7. The van der Waals surface area contributed by atoms with E-state index in [2.05, 4.69) is 5.32 Å². The van der Waals surface area contributed by atoms with Crippen molar-refractivity contribution >= 4 is 16.9 Å². The zero-order valence-corrected chi connectivity index (χ0v) is 8.72. The Morgan fingerprint density at radius 3 is 2.33 bits per heavy atom. The molecule has 0 saturated carbocycles. The second-order valence-electron chi connectivity index (χ2n) is 2.76. The van der Waals surface area contributed by atoms with E-state index in [1.165, 1.54) is 11.8 Å². The van der Waals surface area contributed by atoms with Crippen LogP contribution < -0.4 is 5.32 Å². The van der Waals surface area contributed by atoms with Crippen molar-refractivity contribution in [1.82, 2.24) is 5.32 Å². The maximum Gasteiger partial charge on any atom is 0.194 e. The van der Waals surface area contributed by atoms with E-state index in [0.717, 1.165) is 12.1 Å². The van der Waals surface area contributed by atoms with Crippen molar-refractivity contribution < 1.29 is 13.2 Å². The molecule has 0 atom stereocenters. The molecule has 0 aromatic heterocycles. The lowest BCUT2D eigenvalue weighted by molar-refractivity contribution is 0.445. The number of thioether (sulfide) groups is 1. The van der Waals surface area contributed by atoms with Gasteiger partial charge in [0.25, 0.3) is 0 Å². The van der Waals surface area contributed by atoms with Crippen LogP contribution in [0, 0.1) is 22.9 Å². The lowest BCUT2D eigenvalue weighted by Gasteiger charge is -2.06. The van der Waals surface area contributed by atoms with E-state index in [9.17, 15) is 13.2 Å². The monoisotopic (exact) mass is 234 g/mol. The van der Waals surface area contributed by atoms with E-state index >= 15 is 0 Å². The Labute approximate surface area is 89.4 Å². The van der Waals surface area contributed by atoms with Crippen molar-refractivity contribution in [1.29, 1.82) is 5.41 Å². The molecule has 82 valence electrons. The molecule has 6 heteroatoms. The first kappa shape index (κ1) is 11.9. The van der Waals surface area contributed by atoms with Crippen LogP contribution >= 0.6 is 11.8 Å². The molecule has 0 bridgehead atoms. The van der Waals surface area contributed by atoms with Crippen molar-refractivity contribution in [3.8, 4) is 0 Å². The Morgan fingerprint density at radius 2 is 1.87 bits per heavy atom. The molecule has 15 heavy (non-hydrogen) atoms. The SMILES string of the molecule is CSC(=N)NCc1cc(F)c(F)c(F)c1. The Kier molecular flexibility index (Phi) is 4.02. The van der Waals surface area contributed by atoms with Crippen molar-refractivity contribution in [3.63, 3.8) is 0 Å². The smallest absolute Gasteiger partial charge is 0.194 e. The highest BCUT2D eigenvalue weighted by molar-refractivity contribution is 8.13. The Balaban J connectivity index is 2.75. The molecule has 0 aliphatic heterocycles. The number of rotatable bonds is 2. The molecular formula is C9H9F3N2S. The molecule has 0 saturated heterocycles. The highest BCUT2D eigenvalue weighted by atomic mass is 32.2. The van der Waals surface area contributed by atoms with E-state index in [1.54, 1.807) is 6.26 Å². The Morgan fingerprint density at radius 1 is 1.33 bits per heavy atom. The molecule has 0 fully saturated rings. The highest BCUT2D eigenvalue weighted by Crippen LogP contribution is 2.13. The Bertz CT molecular complexity index is 359. The summed E-state index contributed by atoms with van der Waals surface area (Å²) in [7, 11) is 0. The fourth-order valence-electron chi connectivity index (χ4n) is 0.965. The Hall–Kier alpha value is -1.17. The molecule has 0 amide bonds. The van der Waals surface area contributed by atoms with Crippen LogP contribution in [0.2, 0.25) is 0 Å². The molecule has 0 unspecified atom stereocenters. The van der Waals surface area contributed by atoms with Crippen LogP contribution in [-0.2, 0) is 6.54 Å². The van der Waals surface area contributed by atoms with Crippen molar-refractivity contribution in [2.75, 3.05) is 6.26 Å². The van der Waals surface area contributed by atoms with Crippen molar-refractivity contribution in [2.45, 2.75) is 6.54 Å². The minimum absolute atomic E-state index is 0.0911. The normalized spacial score (nSPS) is 10.1. The summed E-state index contributed by atoms with van der Waals surface area (Å²) in [5.74, 6) is -3.91. The molecule has 1 aromatic rings. The van der Waals surface area contributed by atoms with E-state index in [0.29, 0.717) is 0 Å². The molecule has 0 spiro atoms. The molecule has 0 aliphatic rings. The minimum atomic E-state index is -1.47. The maximum atomic E-state index is 12.7. The highest BCUT2D eigenvalue weighted by Gasteiger charge is 2.10. The fraction of sp³-hybridized carbons (Fsp3) is 0.222. The molecule has 1 rings (SSSR count). The summed E-state index contributed by atoms with van der Waals surface area (Å²) in [6.07, 6.45) is 1.70. The minimum Gasteiger partial charge on any atom is -0.361 e. The molecule has 0 aliphatic carbocycles. The van der Waals surface area contributed by atoms with Gasteiger partial charge in [0.05, 0.1) is 0 Å². The number of hydrogen-bond donors (Lipinski definition) is 2. The van der Waals surface area contributed by atoms with Gasteiger partial charge in [-0.25, -0.2) is 13.2 Å². The lowest BCUT2D eigenvalue weighted by atomic mass is 10.2. The third-order valence-corrected chi connectivity index (χ3v) is 2.25. The van der Waals surface area contributed by atoms with Crippen molar-refractivity contribution in [2.24, 2.45) is 0 Å². The summed E-state index contributed by atoms with van der Waals surface area (Å²) in [4.78, 5) is 0. The van der Waals surface area contributed by atoms with Crippen LogP contribution in [0.5, 0.6) is 0 Å². The summed E-state index contributed by atoms with van der Waals surface area (Å²) in [5.41, 5.74) is 0.255. The summed E-state index contributed by atoms with van der Waals surface area (Å²) in [5, 5.41) is 10.0. The average Bonchev–Trinajstić information content (AvgIpc) is 2.22. The van der Waals surface area contributed by atoms with Crippen LogP contribution in [0.1, 0.15) is 5.56 Å². The van der Waals surface area contributed by atoms with Gasteiger partial charge in [0, 0.05) is 6.54 Å². The van der Waals surface area contributed by atoms with Gasteiger partial charge in [0.15, 0.2) is 22.6 Å². The molecule has 2 N–H and O–H groups in total. The van der Waals surface area contributed by atoms with Gasteiger partial charge in [-0.05, 0) is 24.0 Å². The van der Waals surface area contributed by atoms with E-state index in [1.807, 2.05) is 0 Å².